The summed E-state index contributed by atoms with van der Waals surface area (Å²) in [6.07, 6.45) is 2.76. The third-order valence-corrected chi connectivity index (χ3v) is 5.47. The largest absolute Gasteiger partial charge is 0.394 e. The lowest BCUT2D eigenvalue weighted by atomic mass is 10.1. The van der Waals surface area contributed by atoms with Crippen molar-refractivity contribution in [3.05, 3.63) is 46.1 Å². The molecule has 0 radical (unpaired) electrons. The van der Waals surface area contributed by atoms with E-state index in [9.17, 15) is 19.6 Å². The molecule has 1 aliphatic rings. The summed E-state index contributed by atoms with van der Waals surface area (Å²) in [5.41, 5.74) is -0.0721. The summed E-state index contributed by atoms with van der Waals surface area (Å²) in [7, 11) is 0. The topological polar surface area (TPSA) is 131 Å². The van der Waals surface area contributed by atoms with Gasteiger partial charge in [-0.3, -0.25) is 13.8 Å². The highest BCUT2D eigenvalue weighted by molar-refractivity contribution is 5.87. The molecule has 1 N–H and O–H groups in total. The minimum absolute atomic E-state index is 0.0821. The predicted molar refractivity (Wildman–Crippen MR) is 105 cm³/mol. The van der Waals surface area contributed by atoms with Gasteiger partial charge in [0.05, 0.1) is 23.7 Å². The SMILES string of the molecule is CC(CO)n1c(=O)c2c(-c3noc(C4CCCO4)n3)ncn2c2ccc(F)c(C#N)c21. The maximum absolute atomic E-state index is 14.4. The Morgan fingerprint density at radius 1 is 1.42 bits per heavy atom. The molecule has 4 aromatic rings. The number of nitriles is 1. The molecule has 0 amide bonds. The fraction of sp³-hybridized carbons (Fsp3) is 0.350. The number of aliphatic hydroxyl groups excluding tert-OH is 1. The van der Waals surface area contributed by atoms with Crippen LogP contribution < -0.4 is 5.56 Å². The summed E-state index contributed by atoms with van der Waals surface area (Å²) >= 11 is 0. The Balaban J connectivity index is 1.82. The van der Waals surface area contributed by atoms with Crippen LogP contribution in [0.25, 0.3) is 28.1 Å². The van der Waals surface area contributed by atoms with Gasteiger partial charge in [-0.15, -0.1) is 0 Å². The number of hydrogen-bond acceptors (Lipinski definition) is 8. The lowest BCUT2D eigenvalue weighted by molar-refractivity contribution is 0.0835. The van der Waals surface area contributed by atoms with Crippen LogP contribution in [-0.2, 0) is 4.74 Å². The molecule has 1 aromatic carbocycles. The Labute approximate surface area is 174 Å². The zero-order chi connectivity index (χ0) is 21.7. The van der Waals surface area contributed by atoms with Crippen LogP contribution in [0.4, 0.5) is 4.39 Å². The molecule has 10 nitrogen and oxygen atoms in total. The van der Waals surface area contributed by atoms with Gasteiger partial charge in [0.2, 0.25) is 5.82 Å². The van der Waals surface area contributed by atoms with E-state index in [0.717, 1.165) is 18.9 Å². The van der Waals surface area contributed by atoms with Crippen molar-refractivity contribution in [2.75, 3.05) is 13.2 Å². The Kier molecular flexibility index (Phi) is 4.53. The maximum atomic E-state index is 14.4. The summed E-state index contributed by atoms with van der Waals surface area (Å²) in [4.78, 5) is 22.2. The Bertz CT molecular complexity index is 1410. The number of fused-ring (bicyclic) bond motifs is 3. The van der Waals surface area contributed by atoms with E-state index < -0.39 is 17.4 Å². The minimum Gasteiger partial charge on any atom is -0.394 e. The molecule has 2 atom stereocenters. The zero-order valence-electron chi connectivity index (χ0n) is 16.4. The molecule has 31 heavy (non-hydrogen) atoms. The van der Waals surface area contributed by atoms with Crippen molar-refractivity contribution in [1.29, 1.82) is 5.26 Å². The quantitative estimate of drug-likeness (QED) is 0.527. The predicted octanol–water partition coefficient (Wildman–Crippen LogP) is 2.11. The van der Waals surface area contributed by atoms with Crippen molar-refractivity contribution < 1.29 is 18.8 Å². The number of benzene rings is 1. The number of ether oxygens (including phenoxy) is 1. The maximum Gasteiger partial charge on any atom is 0.278 e. The van der Waals surface area contributed by atoms with E-state index in [-0.39, 0.29) is 40.8 Å². The first-order chi connectivity index (χ1) is 15.0. The van der Waals surface area contributed by atoms with Gasteiger partial charge in [0.25, 0.3) is 11.4 Å². The van der Waals surface area contributed by atoms with Gasteiger partial charge in [0.15, 0.2) is 0 Å². The second-order valence-electron chi connectivity index (χ2n) is 7.38. The van der Waals surface area contributed by atoms with E-state index >= 15 is 0 Å². The van der Waals surface area contributed by atoms with E-state index in [1.54, 1.807) is 6.92 Å². The number of imidazole rings is 1. The number of hydrogen-bond donors (Lipinski definition) is 1. The average Bonchev–Trinajstić information content (AvgIpc) is 3.53. The van der Waals surface area contributed by atoms with Gasteiger partial charge in [-0.05, 0) is 31.9 Å². The van der Waals surface area contributed by atoms with Gasteiger partial charge in [-0.1, -0.05) is 5.16 Å². The van der Waals surface area contributed by atoms with E-state index in [1.807, 2.05) is 6.07 Å². The van der Waals surface area contributed by atoms with Crippen LogP contribution in [-0.4, -0.2) is 42.4 Å². The van der Waals surface area contributed by atoms with E-state index in [4.69, 9.17) is 9.26 Å². The summed E-state index contributed by atoms with van der Waals surface area (Å²) < 4.78 is 27.9. The van der Waals surface area contributed by atoms with Gasteiger partial charge in [0.1, 0.15) is 41.1 Å². The average molecular weight is 424 g/mol. The normalized spacial score (nSPS) is 17.4. The summed E-state index contributed by atoms with van der Waals surface area (Å²) in [6, 6.07) is 3.71. The molecule has 1 saturated heterocycles. The molecule has 5 rings (SSSR count). The molecule has 0 spiro atoms. The van der Waals surface area contributed by atoms with Gasteiger partial charge >= 0.3 is 0 Å². The molecule has 11 heteroatoms. The summed E-state index contributed by atoms with van der Waals surface area (Å²) in [5, 5.41) is 23.2. The van der Waals surface area contributed by atoms with E-state index in [1.165, 1.54) is 21.4 Å². The molecule has 158 valence electrons. The Hall–Kier alpha value is -3.62. The van der Waals surface area contributed by atoms with Gasteiger partial charge in [-0.25, -0.2) is 9.37 Å². The highest BCUT2D eigenvalue weighted by Gasteiger charge is 2.27. The zero-order valence-corrected chi connectivity index (χ0v) is 16.4. The monoisotopic (exact) mass is 424 g/mol. The van der Waals surface area contributed by atoms with Crippen molar-refractivity contribution in [3.63, 3.8) is 0 Å². The number of aliphatic hydroxyl groups is 1. The molecule has 1 aliphatic heterocycles. The van der Waals surface area contributed by atoms with Crippen LogP contribution >= 0.6 is 0 Å². The van der Waals surface area contributed by atoms with Crippen LogP contribution in [0.2, 0.25) is 0 Å². The molecular formula is C20H17FN6O4. The van der Waals surface area contributed by atoms with Gasteiger partial charge in [0, 0.05) is 6.61 Å². The molecule has 0 saturated carbocycles. The molecule has 0 aliphatic carbocycles. The molecule has 0 bridgehead atoms. The highest BCUT2D eigenvalue weighted by atomic mass is 19.1. The first-order valence-electron chi connectivity index (χ1n) is 9.75. The molecule has 1 fully saturated rings. The van der Waals surface area contributed by atoms with E-state index in [0.29, 0.717) is 18.0 Å². The smallest absolute Gasteiger partial charge is 0.278 e. The second kappa shape index (κ2) is 7.26. The van der Waals surface area contributed by atoms with Crippen LogP contribution in [0.15, 0.2) is 27.8 Å². The molecule has 4 heterocycles. The Morgan fingerprint density at radius 3 is 2.97 bits per heavy atom. The van der Waals surface area contributed by atoms with Crippen molar-refractivity contribution >= 4 is 16.6 Å². The Morgan fingerprint density at radius 2 is 2.26 bits per heavy atom. The molecule has 3 aromatic heterocycles. The van der Waals surface area contributed by atoms with Crippen molar-refractivity contribution in [3.8, 4) is 17.6 Å². The van der Waals surface area contributed by atoms with Crippen LogP contribution in [0.5, 0.6) is 0 Å². The van der Waals surface area contributed by atoms with Crippen molar-refractivity contribution in [2.45, 2.75) is 31.9 Å². The third kappa shape index (κ3) is 2.83. The first-order valence-corrected chi connectivity index (χ1v) is 9.75. The van der Waals surface area contributed by atoms with Gasteiger partial charge in [-0.2, -0.15) is 10.2 Å². The van der Waals surface area contributed by atoms with Gasteiger partial charge < -0.3 is 14.4 Å². The summed E-state index contributed by atoms with van der Waals surface area (Å²) in [6.45, 7) is 1.83. The number of rotatable bonds is 4. The molecule has 2 unspecified atom stereocenters. The second-order valence-corrected chi connectivity index (χ2v) is 7.38. The fourth-order valence-corrected chi connectivity index (χ4v) is 3.95. The highest BCUT2D eigenvalue weighted by Crippen LogP contribution is 2.30. The van der Waals surface area contributed by atoms with Crippen molar-refractivity contribution in [2.24, 2.45) is 0 Å². The minimum atomic E-state index is -0.757. The van der Waals surface area contributed by atoms with E-state index in [2.05, 4.69) is 15.1 Å². The lowest BCUT2D eigenvalue weighted by Crippen LogP contribution is -2.28. The number of aromatic nitrogens is 5. The number of halogens is 1. The summed E-state index contributed by atoms with van der Waals surface area (Å²) in [5.74, 6) is -0.324. The standard InChI is InChI=1S/C20H17FN6O4/c1-10(8-28)27-16-11(7-22)12(21)4-5-13(16)26-9-23-15(17(26)20(27)29)18-24-19(31-25-18)14-3-2-6-30-14/h4-5,9-10,14,28H,2-3,6,8H2,1H3. The third-order valence-electron chi connectivity index (χ3n) is 5.47. The lowest BCUT2D eigenvalue weighted by Gasteiger charge is -2.18. The molecular weight excluding hydrogens is 407 g/mol. The van der Waals surface area contributed by atoms with Crippen LogP contribution in [0.3, 0.4) is 0 Å². The van der Waals surface area contributed by atoms with Crippen LogP contribution in [0.1, 0.15) is 43.4 Å². The number of nitrogens with zero attached hydrogens (tertiary/aromatic N) is 6. The van der Waals surface area contributed by atoms with Crippen LogP contribution in [0, 0.1) is 17.1 Å². The fourth-order valence-electron chi connectivity index (χ4n) is 3.95. The first kappa shape index (κ1) is 19.3. The van der Waals surface area contributed by atoms with Crippen molar-refractivity contribution in [1.82, 2.24) is 24.1 Å².